The summed E-state index contributed by atoms with van der Waals surface area (Å²) in [5, 5.41) is 6.12. The van der Waals surface area contributed by atoms with Crippen LogP contribution in [0.15, 0.2) is 47.1 Å². The number of hydrogen-bond donors (Lipinski definition) is 2. The Kier molecular flexibility index (Phi) is 3.74. The van der Waals surface area contributed by atoms with Crippen molar-refractivity contribution in [1.82, 2.24) is 10.6 Å². The maximum Gasteiger partial charge on any atom is 0.258 e. The van der Waals surface area contributed by atoms with E-state index in [1.165, 1.54) is 0 Å². The largest absolute Gasteiger partial charge is 0.467 e. The molecule has 2 heterocycles. The Bertz CT molecular complexity index is 878. The lowest BCUT2D eigenvalue weighted by molar-refractivity contribution is -0.146. The summed E-state index contributed by atoms with van der Waals surface area (Å²) in [7, 11) is 0. The number of rotatable bonds is 3. The number of carbonyl (C=O) groups excluding carboxylic acids is 2. The summed E-state index contributed by atoms with van der Waals surface area (Å²) < 4.78 is 11.6. The van der Waals surface area contributed by atoms with Crippen molar-refractivity contribution in [3.8, 4) is 5.75 Å². The molecule has 6 nitrogen and oxygen atoms in total. The summed E-state index contributed by atoms with van der Waals surface area (Å²) in [5.74, 6) is 1.69. The van der Waals surface area contributed by atoms with Crippen molar-refractivity contribution in [2.75, 3.05) is 0 Å². The van der Waals surface area contributed by atoms with E-state index in [4.69, 9.17) is 9.15 Å². The minimum Gasteiger partial charge on any atom is -0.467 e. The average Bonchev–Trinajstić information content (AvgIpc) is 3.20. The third-order valence-electron chi connectivity index (χ3n) is 6.32. The van der Waals surface area contributed by atoms with Crippen LogP contribution in [0.5, 0.6) is 5.75 Å². The van der Waals surface area contributed by atoms with Crippen LogP contribution in [0.4, 0.5) is 0 Å². The highest BCUT2D eigenvalue weighted by atomic mass is 16.5. The van der Waals surface area contributed by atoms with Crippen LogP contribution >= 0.6 is 0 Å². The molecule has 4 atom stereocenters. The number of amides is 2. The zero-order chi connectivity index (χ0) is 18.4. The zero-order valence-corrected chi connectivity index (χ0v) is 14.9. The molecule has 3 fully saturated rings. The molecule has 2 N–H and O–H groups in total. The third-order valence-corrected chi connectivity index (χ3v) is 6.32. The highest BCUT2D eigenvalue weighted by molar-refractivity contribution is 5.98. The van der Waals surface area contributed by atoms with Crippen LogP contribution < -0.4 is 15.4 Å². The summed E-state index contributed by atoms with van der Waals surface area (Å²) in [6, 6.07) is 11.0. The zero-order valence-electron chi connectivity index (χ0n) is 14.9. The van der Waals surface area contributed by atoms with Crippen LogP contribution in [0.2, 0.25) is 0 Å². The van der Waals surface area contributed by atoms with Crippen LogP contribution in [0.25, 0.3) is 0 Å². The van der Waals surface area contributed by atoms with Crippen LogP contribution in [0.3, 0.4) is 0 Å². The van der Waals surface area contributed by atoms with Gasteiger partial charge in [0.1, 0.15) is 11.5 Å². The van der Waals surface area contributed by atoms with Crippen molar-refractivity contribution in [2.45, 2.75) is 38.0 Å². The van der Waals surface area contributed by atoms with Gasteiger partial charge in [-0.1, -0.05) is 12.1 Å². The van der Waals surface area contributed by atoms with E-state index in [2.05, 4.69) is 10.6 Å². The predicted molar refractivity (Wildman–Crippen MR) is 96.8 cm³/mol. The van der Waals surface area contributed by atoms with Gasteiger partial charge in [-0.25, -0.2) is 0 Å². The molecule has 1 aromatic heterocycles. The number of furan rings is 1. The van der Waals surface area contributed by atoms with Crippen molar-refractivity contribution in [2.24, 2.45) is 17.8 Å². The fraction of sp³-hybridized carbons (Fsp3) is 0.429. The lowest BCUT2D eigenvalue weighted by Gasteiger charge is -2.55. The molecule has 1 aromatic carbocycles. The Balaban J connectivity index is 1.32. The number of nitrogens with one attached hydrogen (secondary N) is 2. The summed E-state index contributed by atoms with van der Waals surface area (Å²) in [5.41, 5.74) is -0.0936. The van der Waals surface area contributed by atoms with Gasteiger partial charge in [0.15, 0.2) is 5.72 Å². The van der Waals surface area contributed by atoms with E-state index < -0.39 is 5.72 Å². The number of hydrogen-bond acceptors (Lipinski definition) is 4. The van der Waals surface area contributed by atoms with E-state index in [-0.39, 0.29) is 29.6 Å². The van der Waals surface area contributed by atoms with Gasteiger partial charge in [0.05, 0.1) is 18.4 Å². The monoisotopic (exact) mass is 366 g/mol. The van der Waals surface area contributed by atoms with Crippen molar-refractivity contribution < 1.29 is 18.7 Å². The summed E-state index contributed by atoms with van der Waals surface area (Å²) in [4.78, 5) is 25.3. The Morgan fingerprint density at radius 2 is 2.11 bits per heavy atom. The van der Waals surface area contributed by atoms with Crippen molar-refractivity contribution in [1.29, 1.82) is 0 Å². The number of benzene rings is 1. The topological polar surface area (TPSA) is 80.6 Å². The number of para-hydroxylation sites is 1. The predicted octanol–water partition coefficient (Wildman–Crippen LogP) is 2.85. The first-order valence-corrected chi connectivity index (χ1v) is 9.55. The van der Waals surface area contributed by atoms with E-state index in [0.717, 1.165) is 25.0 Å². The molecule has 4 aliphatic rings. The maximum atomic E-state index is 12.7. The molecule has 140 valence electrons. The van der Waals surface area contributed by atoms with Crippen molar-refractivity contribution in [3.05, 3.63) is 54.0 Å². The second-order valence-electron chi connectivity index (χ2n) is 7.82. The van der Waals surface area contributed by atoms with Crippen LogP contribution in [-0.4, -0.2) is 17.5 Å². The van der Waals surface area contributed by atoms with Gasteiger partial charge in [-0.3, -0.25) is 9.59 Å². The fourth-order valence-corrected chi connectivity index (χ4v) is 5.00. The van der Waals surface area contributed by atoms with Gasteiger partial charge in [0, 0.05) is 18.3 Å². The first-order chi connectivity index (χ1) is 13.1. The van der Waals surface area contributed by atoms with Gasteiger partial charge < -0.3 is 19.8 Å². The summed E-state index contributed by atoms with van der Waals surface area (Å²) >= 11 is 0. The van der Waals surface area contributed by atoms with E-state index in [1.807, 2.05) is 30.3 Å². The van der Waals surface area contributed by atoms with Crippen LogP contribution in [0.1, 0.15) is 41.8 Å². The minimum absolute atomic E-state index is 0.0398. The summed E-state index contributed by atoms with van der Waals surface area (Å²) in [6.07, 6.45) is 4.98. The third kappa shape index (κ3) is 2.71. The number of ether oxygens (including phenoxy) is 1. The van der Waals surface area contributed by atoms with Crippen molar-refractivity contribution >= 4 is 11.8 Å². The Morgan fingerprint density at radius 1 is 1.22 bits per heavy atom. The van der Waals surface area contributed by atoms with Crippen molar-refractivity contribution in [3.63, 3.8) is 0 Å². The molecule has 27 heavy (non-hydrogen) atoms. The lowest BCUT2D eigenvalue weighted by Crippen LogP contribution is -2.66. The molecule has 1 spiro atoms. The van der Waals surface area contributed by atoms with Gasteiger partial charge in [-0.15, -0.1) is 0 Å². The molecule has 6 heteroatoms. The highest BCUT2D eigenvalue weighted by Gasteiger charge is 2.57. The minimum atomic E-state index is -0.674. The van der Waals surface area contributed by atoms with Gasteiger partial charge in [0.2, 0.25) is 5.91 Å². The molecule has 3 saturated carbocycles. The van der Waals surface area contributed by atoms with Gasteiger partial charge >= 0.3 is 0 Å². The second kappa shape index (κ2) is 6.15. The van der Waals surface area contributed by atoms with Crippen LogP contribution in [0, 0.1) is 17.8 Å². The first kappa shape index (κ1) is 16.4. The smallest absolute Gasteiger partial charge is 0.258 e. The maximum absolute atomic E-state index is 12.7. The molecule has 2 amide bonds. The average molecular weight is 366 g/mol. The molecular formula is C21H22N2O4. The molecule has 2 aromatic rings. The lowest BCUT2D eigenvalue weighted by atomic mass is 9.60. The molecule has 0 unspecified atom stereocenters. The Morgan fingerprint density at radius 3 is 2.89 bits per heavy atom. The Labute approximate surface area is 157 Å². The van der Waals surface area contributed by atoms with E-state index >= 15 is 0 Å². The standard InChI is InChI=1S/C21H22N2O4/c24-19(22-12-15-4-3-9-26-15)17-10-14-8-7-13(17)11-21(14)23-20(25)16-5-1-2-6-18(16)27-21/h1-6,9,13-14,17H,7-8,10-12H2,(H,22,24)(H,23,25)/t13-,14+,17+,21-/m1/s1. The van der Waals surface area contributed by atoms with Crippen LogP contribution in [-0.2, 0) is 11.3 Å². The molecule has 0 radical (unpaired) electrons. The normalized spacial score (nSPS) is 31.1. The van der Waals surface area contributed by atoms with E-state index in [0.29, 0.717) is 24.3 Å². The Hall–Kier alpha value is -2.76. The van der Waals surface area contributed by atoms with Gasteiger partial charge in [-0.2, -0.15) is 0 Å². The molecule has 1 aliphatic heterocycles. The van der Waals surface area contributed by atoms with Gasteiger partial charge in [0.25, 0.3) is 5.91 Å². The quantitative estimate of drug-likeness (QED) is 0.875. The van der Waals surface area contributed by atoms with E-state index in [9.17, 15) is 9.59 Å². The second-order valence-corrected chi connectivity index (χ2v) is 7.82. The molecular weight excluding hydrogens is 344 g/mol. The number of carbonyl (C=O) groups is 2. The SMILES string of the molecule is O=C1N[C@]2(C[C@H]3CC[C@H]2C[C@@H]3C(=O)NCc2ccco2)Oc2ccccc21. The molecule has 0 saturated heterocycles. The van der Waals surface area contributed by atoms with Gasteiger partial charge in [-0.05, 0) is 49.4 Å². The fourth-order valence-electron chi connectivity index (χ4n) is 5.00. The molecule has 2 bridgehead atoms. The highest BCUT2D eigenvalue weighted by Crippen LogP contribution is 2.52. The first-order valence-electron chi connectivity index (χ1n) is 9.55. The summed E-state index contributed by atoms with van der Waals surface area (Å²) in [6.45, 7) is 0.408. The molecule has 3 aliphatic carbocycles. The van der Waals surface area contributed by atoms with E-state index in [1.54, 1.807) is 12.3 Å². The molecule has 6 rings (SSSR count). The number of fused-ring (bicyclic) bond motifs is 3.